The topological polar surface area (TPSA) is 49.8 Å². The Balaban J connectivity index is 3.08. The van der Waals surface area contributed by atoms with Crippen LogP contribution in [0.3, 0.4) is 0 Å². The minimum atomic E-state index is -4.36. The van der Waals surface area contributed by atoms with Gasteiger partial charge in [0.1, 0.15) is 5.54 Å². The van der Waals surface area contributed by atoms with Crippen LogP contribution >= 0.6 is 0 Å². The Hall–Kier alpha value is -1.54. The number of nitrogens with zero attached hydrogens (tertiary/aromatic N) is 1. The Kier molecular flexibility index (Phi) is 2.73. The number of alkyl halides is 3. The van der Waals surface area contributed by atoms with Gasteiger partial charge in [0, 0.05) is 0 Å². The zero-order valence-electron chi connectivity index (χ0n) is 7.97. The Bertz CT molecular complexity index is 385. The molecule has 0 aliphatic heterocycles. The predicted molar refractivity (Wildman–Crippen MR) is 48.6 cm³/mol. The molecule has 0 aliphatic rings. The quantitative estimate of drug-likeness (QED) is 0.780. The molecule has 0 aromatic heterocycles. The first-order chi connectivity index (χ1) is 6.77. The summed E-state index contributed by atoms with van der Waals surface area (Å²) >= 11 is 0. The smallest absolute Gasteiger partial charge is 0.310 e. The lowest BCUT2D eigenvalue weighted by Gasteiger charge is -2.16. The molecule has 80 valence electrons. The van der Waals surface area contributed by atoms with E-state index in [1.165, 1.54) is 19.1 Å². The third-order valence-corrected chi connectivity index (χ3v) is 2.04. The van der Waals surface area contributed by atoms with Crippen LogP contribution in [0.15, 0.2) is 24.3 Å². The second kappa shape index (κ2) is 3.55. The van der Waals surface area contributed by atoms with E-state index in [4.69, 9.17) is 11.0 Å². The molecular weight excluding hydrogens is 205 g/mol. The summed E-state index contributed by atoms with van der Waals surface area (Å²) in [6.07, 6.45) is -4.36. The third kappa shape index (κ3) is 2.48. The second-order valence-electron chi connectivity index (χ2n) is 3.39. The van der Waals surface area contributed by atoms with Gasteiger partial charge in [0.2, 0.25) is 0 Å². The maximum absolute atomic E-state index is 12.2. The normalized spacial score (nSPS) is 15.5. The lowest BCUT2D eigenvalue weighted by atomic mass is 9.94. The highest BCUT2D eigenvalue weighted by molar-refractivity contribution is 5.33. The molecule has 0 saturated heterocycles. The fourth-order valence-electron chi connectivity index (χ4n) is 1.07. The monoisotopic (exact) mass is 214 g/mol. The van der Waals surface area contributed by atoms with Crippen molar-refractivity contribution in [2.75, 3.05) is 0 Å². The maximum atomic E-state index is 12.2. The summed E-state index contributed by atoms with van der Waals surface area (Å²) in [5, 5.41) is 8.68. The Morgan fingerprint density at radius 1 is 1.13 bits per heavy atom. The fourth-order valence-corrected chi connectivity index (χ4v) is 1.07. The van der Waals surface area contributed by atoms with Gasteiger partial charge in [0.15, 0.2) is 0 Å². The Morgan fingerprint density at radius 2 is 1.53 bits per heavy atom. The summed E-state index contributed by atoms with van der Waals surface area (Å²) in [6, 6.07) is 6.07. The molecule has 0 saturated carbocycles. The van der Waals surface area contributed by atoms with E-state index in [0.29, 0.717) is 5.56 Å². The number of hydrogen-bond donors (Lipinski definition) is 1. The van der Waals surface area contributed by atoms with Crippen molar-refractivity contribution in [1.82, 2.24) is 0 Å². The van der Waals surface area contributed by atoms with E-state index in [2.05, 4.69) is 0 Å². The molecule has 1 atom stereocenters. The van der Waals surface area contributed by atoms with Crippen molar-refractivity contribution in [1.29, 1.82) is 5.26 Å². The summed E-state index contributed by atoms with van der Waals surface area (Å²) < 4.78 is 36.6. The lowest BCUT2D eigenvalue weighted by molar-refractivity contribution is -0.137. The molecule has 1 aromatic carbocycles. The molecule has 1 rings (SSSR count). The van der Waals surface area contributed by atoms with Gasteiger partial charge in [-0.3, -0.25) is 0 Å². The summed E-state index contributed by atoms with van der Waals surface area (Å²) in [4.78, 5) is 0. The van der Waals surface area contributed by atoms with E-state index in [9.17, 15) is 13.2 Å². The molecular formula is C10H9F3N2. The minimum Gasteiger partial charge on any atom is -0.310 e. The highest BCUT2D eigenvalue weighted by atomic mass is 19.4. The Morgan fingerprint density at radius 3 is 1.87 bits per heavy atom. The van der Waals surface area contributed by atoms with E-state index in [-0.39, 0.29) is 0 Å². The molecule has 0 amide bonds. The van der Waals surface area contributed by atoms with Crippen LogP contribution in [0, 0.1) is 11.3 Å². The summed E-state index contributed by atoms with van der Waals surface area (Å²) in [7, 11) is 0. The van der Waals surface area contributed by atoms with Gasteiger partial charge in [-0.1, -0.05) is 12.1 Å². The molecule has 0 spiro atoms. The molecule has 5 heteroatoms. The molecule has 2 N–H and O–H groups in total. The van der Waals surface area contributed by atoms with Crippen molar-refractivity contribution in [3.05, 3.63) is 35.4 Å². The van der Waals surface area contributed by atoms with Gasteiger partial charge in [-0.2, -0.15) is 18.4 Å². The first-order valence-corrected chi connectivity index (χ1v) is 4.15. The Labute approximate surface area is 85.1 Å². The van der Waals surface area contributed by atoms with Gasteiger partial charge < -0.3 is 5.73 Å². The fraction of sp³-hybridized carbons (Fsp3) is 0.300. The molecule has 0 aliphatic carbocycles. The van der Waals surface area contributed by atoms with E-state index in [1.807, 2.05) is 6.07 Å². The number of nitrogens with two attached hydrogens (primary N) is 1. The van der Waals surface area contributed by atoms with Gasteiger partial charge in [-0.25, -0.2) is 0 Å². The molecule has 1 aromatic rings. The predicted octanol–water partition coefficient (Wildman–Crippen LogP) is 2.40. The van der Waals surface area contributed by atoms with Crippen LogP contribution in [-0.4, -0.2) is 0 Å². The van der Waals surface area contributed by atoms with Crippen LogP contribution in [0.2, 0.25) is 0 Å². The number of benzene rings is 1. The summed E-state index contributed by atoms with van der Waals surface area (Å²) in [5.74, 6) is 0. The maximum Gasteiger partial charge on any atom is 0.416 e. The van der Waals surface area contributed by atoms with E-state index in [1.54, 1.807) is 0 Å². The lowest BCUT2D eigenvalue weighted by Crippen LogP contribution is -2.30. The molecule has 0 fully saturated rings. The van der Waals surface area contributed by atoms with E-state index in [0.717, 1.165) is 12.1 Å². The minimum absolute atomic E-state index is 0.359. The van der Waals surface area contributed by atoms with Gasteiger partial charge in [-0.15, -0.1) is 0 Å². The van der Waals surface area contributed by atoms with Gasteiger partial charge in [0.25, 0.3) is 0 Å². The number of hydrogen-bond acceptors (Lipinski definition) is 2. The van der Waals surface area contributed by atoms with Crippen molar-refractivity contribution >= 4 is 0 Å². The molecule has 0 heterocycles. The average molecular weight is 214 g/mol. The average Bonchev–Trinajstić information content (AvgIpc) is 2.17. The third-order valence-electron chi connectivity index (χ3n) is 2.04. The van der Waals surface area contributed by atoms with E-state index >= 15 is 0 Å². The standard InChI is InChI=1S/C10H9F3N2/c1-9(15,6-14)7-2-4-8(5-3-7)10(11,12)13/h2-5H,15H2,1H3. The molecule has 0 bridgehead atoms. The first-order valence-electron chi connectivity index (χ1n) is 4.15. The van der Waals surface area contributed by atoms with Crippen molar-refractivity contribution in [2.45, 2.75) is 18.6 Å². The number of nitriles is 1. The van der Waals surface area contributed by atoms with Crippen molar-refractivity contribution in [3.63, 3.8) is 0 Å². The molecule has 0 radical (unpaired) electrons. The van der Waals surface area contributed by atoms with Crippen LogP contribution in [0.5, 0.6) is 0 Å². The van der Waals surface area contributed by atoms with Crippen LogP contribution in [0.1, 0.15) is 18.1 Å². The summed E-state index contributed by atoms with van der Waals surface area (Å²) in [5.41, 5.74) is 3.90. The molecule has 15 heavy (non-hydrogen) atoms. The van der Waals surface area contributed by atoms with Crippen LogP contribution < -0.4 is 5.73 Å². The van der Waals surface area contributed by atoms with Crippen molar-refractivity contribution in [3.8, 4) is 6.07 Å². The van der Waals surface area contributed by atoms with Crippen molar-refractivity contribution in [2.24, 2.45) is 5.73 Å². The van der Waals surface area contributed by atoms with E-state index < -0.39 is 17.3 Å². The number of halogens is 3. The van der Waals surface area contributed by atoms with Gasteiger partial charge in [-0.05, 0) is 24.6 Å². The molecule has 1 unspecified atom stereocenters. The van der Waals surface area contributed by atoms with Crippen LogP contribution in [0.4, 0.5) is 13.2 Å². The molecule has 2 nitrogen and oxygen atoms in total. The van der Waals surface area contributed by atoms with Crippen LogP contribution in [-0.2, 0) is 11.7 Å². The second-order valence-corrected chi connectivity index (χ2v) is 3.39. The highest BCUT2D eigenvalue weighted by Crippen LogP contribution is 2.30. The van der Waals surface area contributed by atoms with Gasteiger partial charge >= 0.3 is 6.18 Å². The highest BCUT2D eigenvalue weighted by Gasteiger charge is 2.31. The van der Waals surface area contributed by atoms with Gasteiger partial charge in [0.05, 0.1) is 11.6 Å². The van der Waals surface area contributed by atoms with Crippen molar-refractivity contribution < 1.29 is 13.2 Å². The summed E-state index contributed by atoms with van der Waals surface area (Å²) in [6.45, 7) is 1.44. The zero-order chi connectivity index (χ0) is 11.7. The SMILES string of the molecule is CC(N)(C#N)c1ccc(C(F)(F)F)cc1. The van der Waals surface area contributed by atoms with Crippen LogP contribution in [0.25, 0.3) is 0 Å². The first kappa shape index (κ1) is 11.5. The zero-order valence-corrected chi connectivity index (χ0v) is 7.97. The largest absolute Gasteiger partial charge is 0.416 e. The number of rotatable bonds is 1.